The average Bonchev–Trinajstić information content (AvgIpc) is 3.19. The Labute approximate surface area is 152 Å². The molecular formula is C20H21N5O. The molecule has 1 aliphatic carbocycles. The predicted octanol–water partition coefficient (Wildman–Crippen LogP) is 3.20. The summed E-state index contributed by atoms with van der Waals surface area (Å²) >= 11 is 0. The van der Waals surface area contributed by atoms with E-state index in [2.05, 4.69) is 52.9 Å². The quantitative estimate of drug-likeness (QED) is 0.790. The van der Waals surface area contributed by atoms with Crippen molar-refractivity contribution in [2.45, 2.75) is 38.1 Å². The van der Waals surface area contributed by atoms with Gasteiger partial charge in [0.25, 0.3) is 5.91 Å². The van der Waals surface area contributed by atoms with Crippen LogP contribution in [-0.2, 0) is 5.41 Å². The van der Waals surface area contributed by atoms with Crippen molar-refractivity contribution in [2.75, 3.05) is 0 Å². The highest BCUT2D eigenvalue weighted by atomic mass is 16.1. The van der Waals surface area contributed by atoms with Crippen LogP contribution in [0.15, 0.2) is 54.9 Å². The van der Waals surface area contributed by atoms with Crippen molar-refractivity contribution in [3.63, 3.8) is 0 Å². The molecule has 6 nitrogen and oxygen atoms in total. The zero-order valence-corrected chi connectivity index (χ0v) is 14.9. The second-order valence-electron chi connectivity index (χ2n) is 7.34. The molecule has 0 saturated carbocycles. The molecule has 0 aliphatic heterocycles. The molecule has 0 spiro atoms. The van der Waals surface area contributed by atoms with Crippen LogP contribution < -0.4 is 5.32 Å². The van der Waals surface area contributed by atoms with Crippen molar-refractivity contribution in [3.8, 4) is 5.69 Å². The molecule has 26 heavy (non-hydrogen) atoms. The first-order chi connectivity index (χ1) is 12.5. The van der Waals surface area contributed by atoms with Crippen LogP contribution in [0.2, 0.25) is 0 Å². The molecule has 0 bridgehead atoms. The van der Waals surface area contributed by atoms with Crippen LogP contribution >= 0.6 is 0 Å². The monoisotopic (exact) mass is 347 g/mol. The maximum atomic E-state index is 12.8. The highest BCUT2D eigenvalue weighted by molar-refractivity contribution is 5.95. The number of amides is 1. The number of carbonyl (C=O) groups excluding carboxylic acids is 1. The number of aromatic nitrogens is 4. The van der Waals surface area contributed by atoms with Crippen molar-refractivity contribution in [1.29, 1.82) is 0 Å². The van der Waals surface area contributed by atoms with Crippen molar-refractivity contribution >= 4 is 5.91 Å². The number of tetrazole rings is 1. The maximum Gasteiger partial charge on any atom is 0.251 e. The first-order valence-electron chi connectivity index (χ1n) is 8.78. The van der Waals surface area contributed by atoms with E-state index < -0.39 is 0 Å². The maximum absolute atomic E-state index is 12.8. The van der Waals surface area contributed by atoms with Crippen LogP contribution in [0, 0.1) is 0 Å². The normalized spacial score (nSPS) is 18.2. The number of hydrogen-bond donors (Lipinski definition) is 1. The summed E-state index contributed by atoms with van der Waals surface area (Å²) in [7, 11) is 0. The first-order valence-corrected chi connectivity index (χ1v) is 8.78. The largest absolute Gasteiger partial charge is 0.345 e. The average molecular weight is 347 g/mol. The molecule has 6 heteroatoms. The van der Waals surface area contributed by atoms with Crippen LogP contribution in [-0.4, -0.2) is 26.1 Å². The Morgan fingerprint density at radius 2 is 2.04 bits per heavy atom. The van der Waals surface area contributed by atoms with Gasteiger partial charge in [-0.15, -0.1) is 5.10 Å². The highest BCUT2D eigenvalue weighted by Crippen LogP contribution is 2.41. The van der Waals surface area contributed by atoms with E-state index in [0.29, 0.717) is 5.56 Å². The fourth-order valence-corrected chi connectivity index (χ4v) is 3.67. The van der Waals surface area contributed by atoms with Crippen LogP contribution in [0.3, 0.4) is 0 Å². The molecule has 1 N–H and O–H groups in total. The third-order valence-electron chi connectivity index (χ3n) is 5.15. The molecule has 1 aromatic heterocycles. The van der Waals surface area contributed by atoms with E-state index in [4.69, 9.17) is 0 Å². The minimum atomic E-state index is -0.0839. The molecule has 1 unspecified atom stereocenters. The number of nitrogens with zero attached hydrogens (tertiary/aromatic N) is 4. The summed E-state index contributed by atoms with van der Waals surface area (Å²) in [6, 6.07) is 15.7. The lowest BCUT2D eigenvalue weighted by molar-refractivity contribution is 0.0929. The Balaban J connectivity index is 1.59. The molecule has 1 atom stereocenters. The lowest BCUT2D eigenvalue weighted by Crippen LogP contribution is -2.35. The molecule has 1 heterocycles. The number of nitrogens with one attached hydrogen (secondary N) is 1. The molecule has 4 rings (SSSR count). The van der Waals surface area contributed by atoms with Crippen LogP contribution in [0.1, 0.15) is 54.2 Å². The number of benzene rings is 2. The van der Waals surface area contributed by atoms with Crippen molar-refractivity contribution < 1.29 is 4.79 Å². The summed E-state index contributed by atoms with van der Waals surface area (Å²) in [6.07, 6.45) is 3.48. The van der Waals surface area contributed by atoms with Gasteiger partial charge in [-0.1, -0.05) is 44.2 Å². The minimum Gasteiger partial charge on any atom is -0.345 e. The van der Waals surface area contributed by atoms with Gasteiger partial charge in [0.05, 0.1) is 11.7 Å². The molecule has 0 radical (unpaired) electrons. The second-order valence-corrected chi connectivity index (χ2v) is 7.34. The van der Waals surface area contributed by atoms with Gasteiger partial charge < -0.3 is 5.32 Å². The van der Waals surface area contributed by atoms with Crippen molar-refractivity contribution in [2.24, 2.45) is 0 Å². The standard InChI is InChI=1S/C20H21N5O/c1-20(2)11-10-18(16-8-3-4-9-17(16)20)22-19(26)14-6-5-7-15(12-14)25-13-21-23-24-25/h3-9,12-13,18H,10-11H2,1-2H3,(H,22,26). The summed E-state index contributed by atoms with van der Waals surface area (Å²) in [5.74, 6) is -0.0839. The van der Waals surface area contributed by atoms with Gasteiger partial charge in [-0.3, -0.25) is 4.79 Å². The minimum absolute atomic E-state index is 0.0309. The van der Waals surface area contributed by atoms with Gasteiger partial charge in [-0.05, 0) is 58.0 Å². The second kappa shape index (κ2) is 6.37. The SMILES string of the molecule is CC1(C)CCC(NC(=O)c2cccc(-n3cnnn3)c2)c2ccccc21. The topological polar surface area (TPSA) is 72.7 Å². The van der Waals surface area contributed by atoms with Crippen LogP contribution in [0.25, 0.3) is 5.69 Å². The molecule has 1 aliphatic rings. The first kappa shape index (κ1) is 16.4. The van der Waals surface area contributed by atoms with E-state index in [1.54, 1.807) is 6.07 Å². The lowest BCUT2D eigenvalue weighted by atomic mass is 9.71. The molecule has 1 amide bonds. The summed E-state index contributed by atoms with van der Waals surface area (Å²) in [4.78, 5) is 12.8. The molecule has 132 valence electrons. The van der Waals surface area contributed by atoms with Crippen molar-refractivity contribution in [1.82, 2.24) is 25.5 Å². The smallest absolute Gasteiger partial charge is 0.251 e. The van der Waals surface area contributed by atoms with Gasteiger partial charge in [-0.2, -0.15) is 0 Å². The Kier molecular flexibility index (Phi) is 4.03. The fraction of sp³-hybridized carbons (Fsp3) is 0.300. The fourth-order valence-electron chi connectivity index (χ4n) is 3.67. The Morgan fingerprint density at radius 3 is 2.85 bits per heavy atom. The zero-order valence-electron chi connectivity index (χ0n) is 14.9. The summed E-state index contributed by atoms with van der Waals surface area (Å²) < 4.78 is 1.54. The van der Waals surface area contributed by atoms with E-state index in [-0.39, 0.29) is 17.4 Å². The van der Waals surface area contributed by atoms with Gasteiger partial charge in [0, 0.05) is 5.56 Å². The number of fused-ring (bicyclic) bond motifs is 1. The molecular weight excluding hydrogens is 326 g/mol. The van der Waals surface area contributed by atoms with E-state index in [1.165, 1.54) is 22.1 Å². The van der Waals surface area contributed by atoms with Crippen LogP contribution in [0.4, 0.5) is 0 Å². The predicted molar refractivity (Wildman–Crippen MR) is 98.1 cm³/mol. The third kappa shape index (κ3) is 2.98. The molecule has 3 aromatic rings. The van der Waals surface area contributed by atoms with E-state index in [9.17, 15) is 4.79 Å². The van der Waals surface area contributed by atoms with E-state index in [1.807, 2.05) is 24.3 Å². The van der Waals surface area contributed by atoms with Gasteiger partial charge >= 0.3 is 0 Å². The zero-order chi connectivity index (χ0) is 18.1. The molecule has 2 aromatic carbocycles. The van der Waals surface area contributed by atoms with Crippen molar-refractivity contribution in [3.05, 3.63) is 71.5 Å². The van der Waals surface area contributed by atoms with Gasteiger partial charge in [0.1, 0.15) is 6.33 Å². The number of hydrogen-bond acceptors (Lipinski definition) is 4. The van der Waals surface area contributed by atoms with Gasteiger partial charge in [-0.25, -0.2) is 4.68 Å². The summed E-state index contributed by atoms with van der Waals surface area (Å²) in [5.41, 5.74) is 4.03. The number of rotatable bonds is 3. The van der Waals surface area contributed by atoms with Gasteiger partial charge in [0.2, 0.25) is 0 Å². The van der Waals surface area contributed by atoms with E-state index >= 15 is 0 Å². The summed E-state index contributed by atoms with van der Waals surface area (Å²) in [5, 5.41) is 14.3. The molecule has 0 saturated heterocycles. The lowest BCUT2D eigenvalue weighted by Gasteiger charge is -2.37. The Bertz CT molecular complexity index is 933. The Hall–Kier alpha value is -3.02. The highest BCUT2D eigenvalue weighted by Gasteiger charge is 2.33. The molecule has 0 fully saturated rings. The van der Waals surface area contributed by atoms with E-state index in [0.717, 1.165) is 18.5 Å². The number of carbonyl (C=O) groups is 1. The Morgan fingerprint density at radius 1 is 1.19 bits per heavy atom. The summed E-state index contributed by atoms with van der Waals surface area (Å²) in [6.45, 7) is 4.53. The van der Waals surface area contributed by atoms with Crippen LogP contribution in [0.5, 0.6) is 0 Å². The third-order valence-corrected chi connectivity index (χ3v) is 5.15. The van der Waals surface area contributed by atoms with Gasteiger partial charge in [0.15, 0.2) is 0 Å².